The molecule has 5 nitrogen and oxygen atoms in total. The zero-order chi connectivity index (χ0) is 16.1. The maximum absolute atomic E-state index is 12.4. The summed E-state index contributed by atoms with van der Waals surface area (Å²) in [6.07, 6.45) is 3.03. The number of benzene rings is 1. The number of fused-ring (bicyclic) bond motifs is 1. The molecule has 2 rings (SSSR count). The lowest BCUT2D eigenvalue weighted by Gasteiger charge is -2.07. The highest BCUT2D eigenvalue weighted by atomic mass is 16.5. The van der Waals surface area contributed by atoms with Gasteiger partial charge in [0.25, 0.3) is 0 Å². The first-order chi connectivity index (χ1) is 10.5. The Morgan fingerprint density at radius 1 is 1.18 bits per heavy atom. The van der Waals surface area contributed by atoms with Gasteiger partial charge in [-0.05, 0) is 32.1 Å². The van der Waals surface area contributed by atoms with Gasteiger partial charge in [-0.2, -0.15) is 0 Å². The molecule has 0 fully saturated rings. The molecule has 1 aromatic heterocycles. The summed E-state index contributed by atoms with van der Waals surface area (Å²) in [5.41, 5.74) is 2.04. The van der Waals surface area contributed by atoms with E-state index in [1.165, 1.54) is 7.11 Å². The lowest BCUT2D eigenvalue weighted by molar-refractivity contribution is -0.140. The molecule has 0 N–H and O–H groups in total. The van der Waals surface area contributed by atoms with Crippen molar-refractivity contribution < 1.29 is 14.3 Å². The molecule has 0 aliphatic rings. The summed E-state index contributed by atoms with van der Waals surface area (Å²) in [4.78, 5) is 25.7. The number of para-hydroxylation sites is 1. The minimum Gasteiger partial charge on any atom is -0.469 e. The van der Waals surface area contributed by atoms with E-state index in [0.717, 1.165) is 29.4 Å². The molecule has 0 spiro atoms. The Kier molecular flexibility index (Phi) is 5.33. The van der Waals surface area contributed by atoms with E-state index in [1.54, 1.807) is 4.57 Å². The van der Waals surface area contributed by atoms with Crippen LogP contribution in [0.2, 0.25) is 0 Å². The fourth-order valence-corrected chi connectivity index (χ4v) is 2.43. The van der Waals surface area contributed by atoms with Crippen molar-refractivity contribution in [1.82, 2.24) is 9.47 Å². The molecule has 22 heavy (non-hydrogen) atoms. The van der Waals surface area contributed by atoms with Gasteiger partial charge in [0.1, 0.15) is 0 Å². The first kappa shape index (κ1) is 16.2. The molecule has 0 amide bonds. The Morgan fingerprint density at radius 2 is 1.91 bits per heavy atom. The smallest absolute Gasteiger partial charge is 0.306 e. The van der Waals surface area contributed by atoms with Crippen LogP contribution >= 0.6 is 0 Å². The van der Waals surface area contributed by atoms with Crippen LogP contribution in [0.4, 0.5) is 0 Å². The van der Waals surface area contributed by atoms with Crippen molar-refractivity contribution in [2.45, 2.75) is 19.3 Å². The van der Waals surface area contributed by atoms with Gasteiger partial charge in [-0.25, -0.2) is 0 Å². The first-order valence-electron chi connectivity index (χ1n) is 7.36. The largest absolute Gasteiger partial charge is 0.469 e. The predicted octanol–water partition coefficient (Wildman–Crippen LogP) is 2.34. The maximum Gasteiger partial charge on any atom is 0.306 e. The normalized spacial score (nSPS) is 11.1. The van der Waals surface area contributed by atoms with Crippen LogP contribution in [0.3, 0.4) is 0 Å². The third kappa shape index (κ3) is 3.74. The summed E-state index contributed by atoms with van der Waals surface area (Å²) in [5.74, 6) is -0.449. The summed E-state index contributed by atoms with van der Waals surface area (Å²) >= 11 is 0. The summed E-state index contributed by atoms with van der Waals surface area (Å²) < 4.78 is 6.24. The number of nitrogens with zero attached hydrogens (tertiary/aromatic N) is 2. The summed E-state index contributed by atoms with van der Waals surface area (Å²) in [6.45, 7) is 0.921. The van der Waals surface area contributed by atoms with Crippen LogP contribution in [-0.4, -0.2) is 49.1 Å². The number of likely N-dealkylation sites (N-methyl/N-ethyl adjacent to an activating group) is 1. The molecular weight excluding hydrogens is 280 g/mol. The molecular formula is C17H22N2O3. The Labute approximate surface area is 130 Å². The molecule has 1 heterocycles. The van der Waals surface area contributed by atoms with Gasteiger partial charge in [0, 0.05) is 24.5 Å². The van der Waals surface area contributed by atoms with Gasteiger partial charge >= 0.3 is 5.97 Å². The monoisotopic (exact) mass is 302 g/mol. The standard InChI is InChI=1S/C17H22N2O3/c1-18(2)11-10-13-12-19(15-7-5-4-6-14(13)15)16(20)8-9-17(21)22-3/h4-7,12H,8-11H2,1-3H3. The maximum atomic E-state index is 12.4. The Hall–Kier alpha value is -2.14. The van der Waals surface area contributed by atoms with Crippen molar-refractivity contribution in [3.05, 3.63) is 36.0 Å². The second-order valence-electron chi connectivity index (χ2n) is 5.56. The van der Waals surface area contributed by atoms with Crippen LogP contribution < -0.4 is 0 Å². The molecule has 0 atom stereocenters. The van der Waals surface area contributed by atoms with Gasteiger partial charge in [0.15, 0.2) is 0 Å². The number of methoxy groups -OCH3 is 1. The molecule has 0 aliphatic heterocycles. The van der Waals surface area contributed by atoms with Crippen LogP contribution in [0.15, 0.2) is 30.5 Å². The van der Waals surface area contributed by atoms with Gasteiger partial charge in [-0.3, -0.25) is 14.2 Å². The molecule has 1 aromatic carbocycles. The lowest BCUT2D eigenvalue weighted by atomic mass is 10.1. The minimum absolute atomic E-state index is 0.0855. The number of hydrogen-bond acceptors (Lipinski definition) is 4. The van der Waals surface area contributed by atoms with Gasteiger partial charge in [-0.1, -0.05) is 18.2 Å². The Morgan fingerprint density at radius 3 is 2.59 bits per heavy atom. The van der Waals surface area contributed by atoms with Crippen LogP contribution in [0, 0.1) is 0 Å². The van der Waals surface area contributed by atoms with Crippen molar-refractivity contribution in [1.29, 1.82) is 0 Å². The van der Waals surface area contributed by atoms with Crippen LogP contribution in [0.25, 0.3) is 10.9 Å². The summed E-state index contributed by atoms with van der Waals surface area (Å²) in [7, 11) is 5.39. The average Bonchev–Trinajstić information content (AvgIpc) is 2.89. The predicted molar refractivity (Wildman–Crippen MR) is 86.1 cm³/mol. The number of ether oxygens (including phenoxy) is 1. The number of carbonyl (C=O) groups excluding carboxylic acids is 2. The van der Waals surface area contributed by atoms with E-state index in [-0.39, 0.29) is 24.7 Å². The molecule has 118 valence electrons. The van der Waals surface area contributed by atoms with Crippen molar-refractivity contribution in [2.75, 3.05) is 27.7 Å². The topological polar surface area (TPSA) is 51.5 Å². The molecule has 0 unspecified atom stereocenters. The van der Waals surface area contributed by atoms with Crippen molar-refractivity contribution in [3.63, 3.8) is 0 Å². The van der Waals surface area contributed by atoms with Crippen molar-refractivity contribution >= 4 is 22.8 Å². The summed E-state index contributed by atoms with van der Waals surface area (Å²) in [6, 6.07) is 7.86. The minimum atomic E-state index is -0.363. The lowest BCUT2D eigenvalue weighted by Crippen LogP contribution is -2.15. The van der Waals surface area contributed by atoms with E-state index in [9.17, 15) is 9.59 Å². The Balaban J connectivity index is 2.25. The first-order valence-corrected chi connectivity index (χ1v) is 7.36. The number of aromatic nitrogens is 1. The highest BCUT2D eigenvalue weighted by Gasteiger charge is 2.14. The molecule has 0 saturated carbocycles. The van der Waals surface area contributed by atoms with Gasteiger partial charge in [-0.15, -0.1) is 0 Å². The highest BCUT2D eigenvalue weighted by Crippen LogP contribution is 2.22. The fourth-order valence-electron chi connectivity index (χ4n) is 2.43. The number of esters is 1. The van der Waals surface area contributed by atoms with Crippen molar-refractivity contribution in [3.8, 4) is 0 Å². The molecule has 5 heteroatoms. The SMILES string of the molecule is COC(=O)CCC(=O)n1cc(CCN(C)C)c2ccccc21. The van der Waals surface area contributed by atoms with E-state index in [2.05, 4.69) is 9.64 Å². The second-order valence-corrected chi connectivity index (χ2v) is 5.56. The molecule has 0 bridgehead atoms. The molecule has 0 aliphatic carbocycles. The van der Waals surface area contributed by atoms with Crippen molar-refractivity contribution in [2.24, 2.45) is 0 Å². The fraction of sp³-hybridized carbons (Fsp3) is 0.412. The summed E-state index contributed by atoms with van der Waals surface area (Å²) in [5, 5.41) is 1.09. The third-order valence-electron chi connectivity index (χ3n) is 3.66. The zero-order valence-electron chi connectivity index (χ0n) is 13.3. The van der Waals surface area contributed by atoms with Crippen LogP contribution in [-0.2, 0) is 16.0 Å². The highest BCUT2D eigenvalue weighted by molar-refractivity contribution is 5.95. The molecule has 2 aromatic rings. The van der Waals surface area contributed by atoms with E-state index in [1.807, 2.05) is 44.6 Å². The second kappa shape index (κ2) is 7.22. The zero-order valence-corrected chi connectivity index (χ0v) is 13.3. The van der Waals surface area contributed by atoms with Gasteiger partial charge in [0.05, 0.1) is 19.0 Å². The molecule has 0 radical (unpaired) electrons. The van der Waals surface area contributed by atoms with Crippen LogP contribution in [0.1, 0.15) is 23.2 Å². The van der Waals surface area contributed by atoms with Crippen LogP contribution in [0.5, 0.6) is 0 Å². The average molecular weight is 302 g/mol. The number of hydrogen-bond donors (Lipinski definition) is 0. The number of carbonyl (C=O) groups is 2. The van der Waals surface area contributed by atoms with Gasteiger partial charge < -0.3 is 9.64 Å². The van der Waals surface area contributed by atoms with E-state index >= 15 is 0 Å². The van der Waals surface area contributed by atoms with E-state index in [0.29, 0.717) is 0 Å². The van der Waals surface area contributed by atoms with E-state index in [4.69, 9.17) is 0 Å². The Bertz CT molecular complexity index is 674. The van der Waals surface area contributed by atoms with E-state index < -0.39 is 0 Å². The quantitative estimate of drug-likeness (QED) is 0.769. The number of rotatable bonds is 6. The third-order valence-corrected chi connectivity index (χ3v) is 3.66. The molecule has 0 saturated heterocycles. The van der Waals surface area contributed by atoms with Gasteiger partial charge in [0.2, 0.25) is 5.91 Å².